The zero-order valence-corrected chi connectivity index (χ0v) is 12.4. The molecule has 1 aliphatic carbocycles. The molecule has 0 aromatic rings. The Kier molecular flexibility index (Phi) is 6.80. The van der Waals surface area contributed by atoms with Crippen molar-refractivity contribution in [3.63, 3.8) is 0 Å². The van der Waals surface area contributed by atoms with Crippen LogP contribution in [0, 0.1) is 17.8 Å². The molecule has 0 aliphatic heterocycles. The van der Waals surface area contributed by atoms with Crippen molar-refractivity contribution in [2.24, 2.45) is 17.8 Å². The van der Waals surface area contributed by atoms with Crippen LogP contribution in [-0.4, -0.2) is 34.9 Å². The maximum absolute atomic E-state index is 12.0. The molecule has 0 spiro atoms. The van der Waals surface area contributed by atoms with Crippen LogP contribution in [0.25, 0.3) is 0 Å². The Bertz CT molecular complexity index is 281. The molecule has 4 nitrogen and oxygen atoms in total. The van der Waals surface area contributed by atoms with Gasteiger partial charge in [-0.25, -0.2) is 0 Å². The lowest BCUT2D eigenvalue weighted by Gasteiger charge is -2.27. The molecule has 0 saturated heterocycles. The molecule has 19 heavy (non-hydrogen) atoms. The highest BCUT2D eigenvalue weighted by Crippen LogP contribution is 2.24. The standard InChI is InChI=1S/C15H29NO3/c1-10(2)8-14(18)11(3)9-16-15(19)12-6-4-5-7-13(12)17/h10-14,17-18H,4-9H2,1-3H3,(H,16,19)/t11-,12?,13?,14?/m1/s1. The van der Waals surface area contributed by atoms with Crippen molar-refractivity contribution in [3.8, 4) is 0 Å². The van der Waals surface area contributed by atoms with Gasteiger partial charge in [0.25, 0.3) is 0 Å². The average molecular weight is 271 g/mol. The third-order valence-electron chi connectivity index (χ3n) is 4.03. The molecule has 0 aromatic carbocycles. The fourth-order valence-corrected chi connectivity index (χ4v) is 2.66. The zero-order valence-electron chi connectivity index (χ0n) is 12.4. The van der Waals surface area contributed by atoms with E-state index < -0.39 is 6.10 Å². The van der Waals surface area contributed by atoms with E-state index in [4.69, 9.17) is 0 Å². The van der Waals surface area contributed by atoms with Crippen LogP contribution in [0.5, 0.6) is 0 Å². The largest absolute Gasteiger partial charge is 0.393 e. The van der Waals surface area contributed by atoms with Crippen molar-refractivity contribution in [1.82, 2.24) is 5.32 Å². The van der Waals surface area contributed by atoms with Gasteiger partial charge >= 0.3 is 0 Å². The van der Waals surface area contributed by atoms with Crippen molar-refractivity contribution in [2.75, 3.05) is 6.54 Å². The molecule has 1 aliphatic rings. The van der Waals surface area contributed by atoms with Crippen LogP contribution in [0.15, 0.2) is 0 Å². The number of aliphatic hydroxyl groups is 2. The van der Waals surface area contributed by atoms with Gasteiger partial charge in [0.15, 0.2) is 0 Å². The fraction of sp³-hybridized carbons (Fsp3) is 0.933. The van der Waals surface area contributed by atoms with E-state index in [1.54, 1.807) is 0 Å². The van der Waals surface area contributed by atoms with Gasteiger partial charge in [-0.1, -0.05) is 33.6 Å². The number of aliphatic hydroxyl groups excluding tert-OH is 2. The molecule has 112 valence electrons. The van der Waals surface area contributed by atoms with Gasteiger partial charge in [-0.05, 0) is 31.1 Å². The lowest BCUT2D eigenvalue weighted by molar-refractivity contribution is -0.130. The quantitative estimate of drug-likeness (QED) is 0.688. The Morgan fingerprint density at radius 2 is 1.89 bits per heavy atom. The Labute approximate surface area is 116 Å². The maximum Gasteiger partial charge on any atom is 0.225 e. The minimum Gasteiger partial charge on any atom is -0.393 e. The molecule has 1 fully saturated rings. The smallest absolute Gasteiger partial charge is 0.225 e. The number of rotatable bonds is 6. The fourth-order valence-electron chi connectivity index (χ4n) is 2.66. The SMILES string of the molecule is CC(C)CC(O)[C@H](C)CNC(=O)C1CCCCC1O. The maximum atomic E-state index is 12.0. The summed E-state index contributed by atoms with van der Waals surface area (Å²) >= 11 is 0. The number of nitrogens with one attached hydrogen (secondary N) is 1. The molecule has 0 aromatic heterocycles. The number of hydrogen-bond acceptors (Lipinski definition) is 3. The Morgan fingerprint density at radius 1 is 1.26 bits per heavy atom. The molecule has 1 amide bonds. The molecular weight excluding hydrogens is 242 g/mol. The highest BCUT2D eigenvalue weighted by atomic mass is 16.3. The monoisotopic (exact) mass is 271 g/mol. The van der Waals surface area contributed by atoms with Gasteiger partial charge in [-0.15, -0.1) is 0 Å². The van der Waals surface area contributed by atoms with Crippen molar-refractivity contribution in [1.29, 1.82) is 0 Å². The molecule has 3 unspecified atom stereocenters. The van der Waals surface area contributed by atoms with E-state index in [9.17, 15) is 15.0 Å². The average Bonchev–Trinajstić information content (AvgIpc) is 2.35. The highest BCUT2D eigenvalue weighted by molar-refractivity contribution is 5.79. The molecule has 1 rings (SSSR count). The second kappa shape index (κ2) is 7.85. The first kappa shape index (κ1) is 16.4. The topological polar surface area (TPSA) is 69.6 Å². The van der Waals surface area contributed by atoms with Crippen LogP contribution in [0.2, 0.25) is 0 Å². The van der Waals surface area contributed by atoms with Crippen molar-refractivity contribution < 1.29 is 15.0 Å². The Hall–Kier alpha value is -0.610. The van der Waals surface area contributed by atoms with Gasteiger partial charge in [-0.3, -0.25) is 4.79 Å². The van der Waals surface area contributed by atoms with E-state index >= 15 is 0 Å². The molecule has 0 heterocycles. The summed E-state index contributed by atoms with van der Waals surface area (Å²) in [5.41, 5.74) is 0. The van der Waals surface area contributed by atoms with Crippen LogP contribution in [-0.2, 0) is 4.79 Å². The minimum absolute atomic E-state index is 0.0482. The molecule has 0 radical (unpaired) electrons. The lowest BCUT2D eigenvalue weighted by Crippen LogP contribution is -2.42. The summed E-state index contributed by atoms with van der Waals surface area (Å²) in [6.45, 7) is 6.58. The van der Waals surface area contributed by atoms with E-state index in [1.165, 1.54) is 0 Å². The highest BCUT2D eigenvalue weighted by Gasteiger charge is 2.29. The third-order valence-corrected chi connectivity index (χ3v) is 4.03. The summed E-state index contributed by atoms with van der Waals surface area (Å²) < 4.78 is 0. The number of hydrogen-bond donors (Lipinski definition) is 3. The summed E-state index contributed by atoms with van der Waals surface area (Å²) in [6.07, 6.45) is 3.40. The molecule has 4 atom stereocenters. The first-order valence-electron chi connectivity index (χ1n) is 7.55. The third kappa shape index (κ3) is 5.49. The van der Waals surface area contributed by atoms with Gasteiger partial charge in [0.05, 0.1) is 18.1 Å². The minimum atomic E-state index is -0.496. The number of amides is 1. The first-order chi connectivity index (χ1) is 8.91. The number of carbonyl (C=O) groups excluding carboxylic acids is 1. The second-order valence-corrected chi connectivity index (χ2v) is 6.38. The lowest BCUT2D eigenvalue weighted by atomic mass is 9.86. The van der Waals surface area contributed by atoms with Crippen molar-refractivity contribution in [2.45, 2.75) is 65.1 Å². The van der Waals surface area contributed by atoms with Gasteiger partial charge in [0.1, 0.15) is 0 Å². The second-order valence-electron chi connectivity index (χ2n) is 6.38. The summed E-state index contributed by atoms with van der Waals surface area (Å²) in [6, 6.07) is 0. The zero-order chi connectivity index (χ0) is 14.4. The summed E-state index contributed by atoms with van der Waals surface area (Å²) in [5, 5.41) is 22.7. The van der Waals surface area contributed by atoms with Gasteiger partial charge < -0.3 is 15.5 Å². The van der Waals surface area contributed by atoms with Crippen LogP contribution >= 0.6 is 0 Å². The first-order valence-corrected chi connectivity index (χ1v) is 7.55. The molecule has 3 N–H and O–H groups in total. The van der Waals surface area contributed by atoms with E-state index in [0.29, 0.717) is 12.5 Å². The van der Waals surface area contributed by atoms with E-state index in [1.807, 2.05) is 6.92 Å². The Balaban J connectivity index is 2.32. The van der Waals surface area contributed by atoms with E-state index in [0.717, 1.165) is 32.1 Å². The van der Waals surface area contributed by atoms with Gasteiger partial charge in [-0.2, -0.15) is 0 Å². The predicted molar refractivity (Wildman–Crippen MR) is 75.6 cm³/mol. The summed E-state index contributed by atoms with van der Waals surface area (Å²) in [5.74, 6) is 0.180. The summed E-state index contributed by atoms with van der Waals surface area (Å²) in [7, 11) is 0. The van der Waals surface area contributed by atoms with Gasteiger partial charge in [0.2, 0.25) is 5.91 Å². The van der Waals surface area contributed by atoms with Crippen LogP contribution in [0.4, 0.5) is 0 Å². The number of carbonyl (C=O) groups is 1. The normalized spacial score (nSPS) is 27.1. The molecule has 1 saturated carbocycles. The predicted octanol–water partition coefficient (Wildman–Crippen LogP) is 1.70. The molecular formula is C15H29NO3. The van der Waals surface area contributed by atoms with Crippen LogP contribution in [0.1, 0.15) is 52.9 Å². The van der Waals surface area contributed by atoms with Crippen LogP contribution < -0.4 is 5.32 Å². The van der Waals surface area contributed by atoms with Crippen LogP contribution in [0.3, 0.4) is 0 Å². The van der Waals surface area contributed by atoms with E-state index in [2.05, 4.69) is 19.2 Å². The van der Waals surface area contributed by atoms with E-state index in [-0.39, 0.29) is 23.8 Å². The molecule has 0 bridgehead atoms. The van der Waals surface area contributed by atoms with Gasteiger partial charge in [0, 0.05) is 6.54 Å². The van der Waals surface area contributed by atoms with Crippen molar-refractivity contribution >= 4 is 5.91 Å². The van der Waals surface area contributed by atoms with Crippen molar-refractivity contribution in [3.05, 3.63) is 0 Å². The Morgan fingerprint density at radius 3 is 2.47 bits per heavy atom. The molecule has 4 heteroatoms. The summed E-state index contributed by atoms with van der Waals surface area (Å²) in [4.78, 5) is 12.0.